The van der Waals surface area contributed by atoms with Gasteiger partial charge >= 0.3 is 0 Å². The van der Waals surface area contributed by atoms with E-state index in [2.05, 4.69) is 12.6 Å². The molecule has 1 rings (SSSR count). The molecule has 0 saturated carbocycles. The van der Waals surface area contributed by atoms with Crippen LogP contribution in [0.25, 0.3) is 0 Å². The lowest BCUT2D eigenvalue weighted by atomic mass is 10.2. The molecule has 0 aliphatic carbocycles. The molecule has 1 aromatic carbocycles. The van der Waals surface area contributed by atoms with E-state index in [0.717, 1.165) is 16.4 Å². The zero-order valence-corrected chi connectivity index (χ0v) is 9.89. The normalized spacial score (nSPS) is 11.2. The highest BCUT2D eigenvalue weighted by Crippen LogP contribution is 2.27. The van der Waals surface area contributed by atoms with E-state index in [1.165, 1.54) is 0 Å². The van der Waals surface area contributed by atoms with Gasteiger partial charge in [-0.2, -0.15) is 0 Å². The van der Waals surface area contributed by atoms with Crippen LogP contribution >= 0.6 is 12.6 Å². The second kappa shape index (κ2) is 4.13. The molecule has 0 unspecified atom stereocenters. The van der Waals surface area contributed by atoms with E-state index in [9.17, 15) is 0 Å². The quantitative estimate of drug-likeness (QED) is 0.759. The second-order valence-corrected chi connectivity index (χ2v) is 4.60. The van der Waals surface area contributed by atoms with Crippen molar-refractivity contribution in [2.45, 2.75) is 31.3 Å². The summed E-state index contributed by atoms with van der Waals surface area (Å²) in [5, 5.41) is 0. The third-order valence-electron chi connectivity index (χ3n) is 1.52. The third-order valence-corrected chi connectivity index (χ3v) is 1.78. The molecule has 0 aromatic heterocycles. The lowest BCUT2D eigenvalue weighted by Crippen LogP contribution is -2.22. The van der Waals surface area contributed by atoms with E-state index >= 15 is 0 Å². The van der Waals surface area contributed by atoms with Crippen LogP contribution in [-0.2, 0) is 0 Å². The van der Waals surface area contributed by atoms with E-state index in [-0.39, 0.29) is 5.60 Å². The van der Waals surface area contributed by atoms with Crippen LogP contribution in [0.5, 0.6) is 11.5 Å². The number of benzene rings is 1. The van der Waals surface area contributed by atoms with Crippen molar-refractivity contribution < 1.29 is 9.47 Å². The van der Waals surface area contributed by atoms with Crippen LogP contribution < -0.4 is 9.47 Å². The van der Waals surface area contributed by atoms with Crippen molar-refractivity contribution in [3.8, 4) is 11.5 Å². The molecule has 3 heteroatoms. The van der Waals surface area contributed by atoms with Gasteiger partial charge in [0.2, 0.25) is 0 Å². The number of ether oxygens (including phenoxy) is 2. The van der Waals surface area contributed by atoms with Crippen LogP contribution in [0.1, 0.15) is 20.8 Å². The average Bonchev–Trinajstić information content (AvgIpc) is 1.99. The summed E-state index contributed by atoms with van der Waals surface area (Å²) in [7, 11) is 1.63. The maximum atomic E-state index is 5.70. The summed E-state index contributed by atoms with van der Waals surface area (Å²) >= 11 is 4.27. The molecule has 0 fully saturated rings. The topological polar surface area (TPSA) is 18.5 Å². The Labute approximate surface area is 90.6 Å². The molecule has 0 bridgehead atoms. The van der Waals surface area contributed by atoms with Crippen molar-refractivity contribution in [3.63, 3.8) is 0 Å². The van der Waals surface area contributed by atoms with Crippen LogP contribution in [0, 0.1) is 0 Å². The minimum absolute atomic E-state index is 0.202. The molecule has 0 aliphatic heterocycles. The molecule has 0 amide bonds. The summed E-state index contributed by atoms with van der Waals surface area (Å²) in [5.41, 5.74) is -0.202. The van der Waals surface area contributed by atoms with Gasteiger partial charge in [0, 0.05) is 11.0 Å². The molecule has 0 saturated heterocycles. The molecular weight excluding hydrogens is 196 g/mol. The first kappa shape index (κ1) is 11.2. The number of thiol groups is 1. The van der Waals surface area contributed by atoms with Gasteiger partial charge < -0.3 is 9.47 Å². The summed E-state index contributed by atoms with van der Waals surface area (Å²) in [6.45, 7) is 6.01. The first-order valence-corrected chi connectivity index (χ1v) is 4.92. The highest BCUT2D eigenvalue weighted by atomic mass is 32.1. The van der Waals surface area contributed by atoms with E-state index in [0.29, 0.717) is 0 Å². The van der Waals surface area contributed by atoms with Gasteiger partial charge in [0.15, 0.2) is 0 Å². The van der Waals surface area contributed by atoms with Crippen LogP contribution in [0.15, 0.2) is 23.1 Å². The average molecular weight is 212 g/mol. The molecule has 78 valence electrons. The zero-order chi connectivity index (χ0) is 10.8. The predicted molar refractivity (Wildman–Crippen MR) is 60.6 cm³/mol. The fourth-order valence-electron chi connectivity index (χ4n) is 1.09. The summed E-state index contributed by atoms with van der Waals surface area (Å²) in [6.07, 6.45) is 0. The molecule has 0 heterocycles. The van der Waals surface area contributed by atoms with Gasteiger partial charge in [-0.15, -0.1) is 12.6 Å². The van der Waals surface area contributed by atoms with Gasteiger partial charge in [0.1, 0.15) is 17.1 Å². The van der Waals surface area contributed by atoms with Crippen LogP contribution in [0.2, 0.25) is 0 Å². The Balaban J connectivity index is 2.92. The van der Waals surface area contributed by atoms with Gasteiger partial charge in [-0.3, -0.25) is 0 Å². The molecule has 0 spiro atoms. The lowest BCUT2D eigenvalue weighted by Gasteiger charge is -2.21. The molecule has 1 aromatic rings. The monoisotopic (exact) mass is 212 g/mol. The largest absolute Gasteiger partial charge is 0.497 e. The summed E-state index contributed by atoms with van der Waals surface area (Å²) in [5.74, 6) is 1.54. The Morgan fingerprint density at radius 1 is 1.07 bits per heavy atom. The molecule has 0 aliphatic rings. The van der Waals surface area contributed by atoms with Gasteiger partial charge in [-0.25, -0.2) is 0 Å². The Hall–Kier alpha value is -0.830. The Bertz CT molecular complexity index is 316. The Morgan fingerprint density at radius 3 is 2.14 bits per heavy atom. The molecule has 0 radical (unpaired) electrons. The SMILES string of the molecule is COc1cc(S)cc(OC(C)(C)C)c1. The molecule has 0 atom stereocenters. The van der Waals surface area contributed by atoms with Crippen LogP contribution in [0.4, 0.5) is 0 Å². The van der Waals surface area contributed by atoms with Gasteiger partial charge in [0.25, 0.3) is 0 Å². The maximum Gasteiger partial charge on any atom is 0.124 e. The Kier molecular flexibility index (Phi) is 3.32. The van der Waals surface area contributed by atoms with Crippen LogP contribution in [-0.4, -0.2) is 12.7 Å². The number of methoxy groups -OCH3 is 1. The third kappa shape index (κ3) is 3.50. The number of hydrogen-bond donors (Lipinski definition) is 1. The van der Waals surface area contributed by atoms with Crippen molar-refractivity contribution >= 4 is 12.6 Å². The minimum atomic E-state index is -0.202. The number of rotatable bonds is 2. The first-order chi connectivity index (χ1) is 6.40. The maximum absolute atomic E-state index is 5.70. The van der Waals surface area contributed by atoms with Gasteiger partial charge in [-0.05, 0) is 32.9 Å². The standard InChI is InChI=1S/C11H16O2S/c1-11(2,3)13-9-5-8(12-4)6-10(14)7-9/h5-7,14H,1-4H3. The molecular formula is C11H16O2S. The van der Waals surface area contributed by atoms with E-state index < -0.39 is 0 Å². The van der Waals surface area contributed by atoms with Crippen molar-refractivity contribution in [3.05, 3.63) is 18.2 Å². The summed E-state index contributed by atoms with van der Waals surface area (Å²) in [6, 6.07) is 5.57. The van der Waals surface area contributed by atoms with Gasteiger partial charge in [0.05, 0.1) is 7.11 Å². The molecule has 2 nitrogen and oxygen atoms in total. The molecule has 14 heavy (non-hydrogen) atoms. The van der Waals surface area contributed by atoms with E-state index in [4.69, 9.17) is 9.47 Å². The fourth-order valence-corrected chi connectivity index (χ4v) is 1.34. The van der Waals surface area contributed by atoms with Crippen molar-refractivity contribution in [1.82, 2.24) is 0 Å². The molecule has 0 N–H and O–H groups in total. The summed E-state index contributed by atoms with van der Waals surface area (Å²) in [4.78, 5) is 0.837. The van der Waals surface area contributed by atoms with Crippen LogP contribution in [0.3, 0.4) is 0 Å². The summed E-state index contributed by atoms with van der Waals surface area (Å²) < 4.78 is 10.8. The second-order valence-electron chi connectivity index (χ2n) is 4.08. The highest BCUT2D eigenvalue weighted by Gasteiger charge is 2.12. The Morgan fingerprint density at radius 2 is 1.64 bits per heavy atom. The minimum Gasteiger partial charge on any atom is -0.497 e. The zero-order valence-electron chi connectivity index (χ0n) is 9.00. The number of hydrogen-bond acceptors (Lipinski definition) is 3. The first-order valence-electron chi connectivity index (χ1n) is 4.48. The highest BCUT2D eigenvalue weighted by molar-refractivity contribution is 7.80. The van der Waals surface area contributed by atoms with Crippen molar-refractivity contribution in [2.75, 3.05) is 7.11 Å². The van der Waals surface area contributed by atoms with Gasteiger partial charge in [-0.1, -0.05) is 0 Å². The van der Waals surface area contributed by atoms with Crippen molar-refractivity contribution in [2.24, 2.45) is 0 Å². The van der Waals surface area contributed by atoms with E-state index in [1.54, 1.807) is 7.11 Å². The predicted octanol–water partition coefficient (Wildman–Crippen LogP) is 3.16. The van der Waals surface area contributed by atoms with Crippen molar-refractivity contribution in [1.29, 1.82) is 0 Å². The lowest BCUT2D eigenvalue weighted by molar-refractivity contribution is 0.130. The van der Waals surface area contributed by atoms with E-state index in [1.807, 2.05) is 39.0 Å². The fraction of sp³-hybridized carbons (Fsp3) is 0.455. The smallest absolute Gasteiger partial charge is 0.124 e.